The average molecular weight is 435 g/mol. The topological polar surface area (TPSA) is 77.7 Å². The smallest absolute Gasteiger partial charge is 0.251 e. The van der Waals surface area contributed by atoms with Gasteiger partial charge in [-0.1, -0.05) is 12.1 Å². The van der Waals surface area contributed by atoms with Crippen LogP contribution in [0, 0.1) is 6.92 Å². The molecule has 4 rings (SSSR count). The molecule has 168 valence electrons. The van der Waals surface area contributed by atoms with Crippen LogP contribution in [0.4, 0.5) is 0 Å². The number of hydrogen-bond donors (Lipinski definition) is 2. The minimum absolute atomic E-state index is 0.0875. The van der Waals surface area contributed by atoms with Crippen LogP contribution in [0.25, 0.3) is 10.9 Å². The van der Waals surface area contributed by atoms with Gasteiger partial charge in [-0.25, -0.2) is 0 Å². The predicted molar refractivity (Wildman–Crippen MR) is 125 cm³/mol. The lowest BCUT2D eigenvalue weighted by Gasteiger charge is -2.34. The highest BCUT2D eigenvalue weighted by atomic mass is 16.5. The fourth-order valence-corrected chi connectivity index (χ4v) is 4.26. The predicted octanol–water partition coefficient (Wildman–Crippen LogP) is 2.60. The molecule has 7 nitrogen and oxygen atoms in total. The number of fused-ring (bicyclic) bond motifs is 1. The number of rotatable bonds is 7. The maximum Gasteiger partial charge on any atom is 0.251 e. The number of aromatic amines is 1. The van der Waals surface area contributed by atoms with E-state index in [0.717, 1.165) is 41.9 Å². The summed E-state index contributed by atoms with van der Waals surface area (Å²) in [5.74, 6) is 0.811. The number of amides is 2. The van der Waals surface area contributed by atoms with Gasteiger partial charge in [0.05, 0.1) is 13.5 Å². The molecule has 0 aliphatic carbocycles. The lowest BCUT2D eigenvalue weighted by molar-refractivity contribution is -0.132. The minimum Gasteiger partial charge on any atom is -0.497 e. The third kappa shape index (κ3) is 4.94. The minimum atomic E-state index is -0.0875. The highest BCUT2D eigenvalue weighted by Gasteiger charge is 2.22. The van der Waals surface area contributed by atoms with Gasteiger partial charge in [0.15, 0.2) is 0 Å². The maximum atomic E-state index is 12.9. The van der Waals surface area contributed by atoms with Crippen LogP contribution in [0.3, 0.4) is 0 Å². The van der Waals surface area contributed by atoms with Gasteiger partial charge in [0.2, 0.25) is 5.91 Å². The molecular weight excluding hydrogens is 404 g/mol. The summed E-state index contributed by atoms with van der Waals surface area (Å²) in [6.45, 7) is 6.49. The van der Waals surface area contributed by atoms with E-state index in [1.807, 2.05) is 23.2 Å². The highest BCUT2D eigenvalue weighted by molar-refractivity contribution is 5.94. The summed E-state index contributed by atoms with van der Waals surface area (Å²) in [5.41, 5.74) is 3.95. The zero-order valence-corrected chi connectivity index (χ0v) is 18.7. The Morgan fingerprint density at radius 3 is 2.53 bits per heavy atom. The molecule has 2 N–H and O–H groups in total. The number of aryl methyl sites for hydroxylation is 1. The Morgan fingerprint density at radius 2 is 1.81 bits per heavy atom. The number of nitrogens with zero attached hydrogens (tertiary/aromatic N) is 2. The summed E-state index contributed by atoms with van der Waals surface area (Å²) < 4.78 is 5.12. The fourth-order valence-electron chi connectivity index (χ4n) is 4.26. The van der Waals surface area contributed by atoms with E-state index in [2.05, 4.69) is 28.2 Å². The number of aromatic nitrogens is 1. The lowest BCUT2D eigenvalue weighted by Crippen LogP contribution is -2.50. The van der Waals surface area contributed by atoms with Gasteiger partial charge in [0.25, 0.3) is 5.91 Å². The molecule has 1 aromatic heterocycles. The molecular formula is C25H30N4O3. The first kappa shape index (κ1) is 21.9. The van der Waals surface area contributed by atoms with E-state index in [-0.39, 0.29) is 11.8 Å². The van der Waals surface area contributed by atoms with E-state index < -0.39 is 0 Å². The first-order chi connectivity index (χ1) is 15.5. The van der Waals surface area contributed by atoms with Crippen molar-refractivity contribution in [1.29, 1.82) is 0 Å². The molecule has 2 amide bonds. The maximum absolute atomic E-state index is 12.9. The highest BCUT2D eigenvalue weighted by Crippen LogP contribution is 2.23. The molecule has 0 radical (unpaired) electrons. The van der Waals surface area contributed by atoms with Crippen LogP contribution in [0.1, 0.15) is 21.5 Å². The zero-order chi connectivity index (χ0) is 22.5. The van der Waals surface area contributed by atoms with Crippen LogP contribution in [-0.4, -0.2) is 73.0 Å². The standard InChI is InChI=1S/C25H30N4O3/c1-18-4-3-5-22-24(18)20(17-27-22)16-23(30)29-14-12-28(13-15-29)11-10-26-25(31)19-6-8-21(32-2)9-7-19/h3-9,17,27H,10-16H2,1-2H3,(H,26,31). The molecule has 7 heteroatoms. The Hall–Kier alpha value is -3.32. The van der Waals surface area contributed by atoms with E-state index in [9.17, 15) is 9.59 Å². The van der Waals surface area contributed by atoms with Gasteiger partial charge in [-0.3, -0.25) is 14.5 Å². The van der Waals surface area contributed by atoms with Gasteiger partial charge in [-0.15, -0.1) is 0 Å². The van der Waals surface area contributed by atoms with E-state index >= 15 is 0 Å². The van der Waals surface area contributed by atoms with Gasteiger partial charge >= 0.3 is 0 Å². The number of hydrogen-bond acceptors (Lipinski definition) is 4. The number of piperazine rings is 1. The molecule has 32 heavy (non-hydrogen) atoms. The van der Waals surface area contributed by atoms with Gasteiger partial charge in [0, 0.05) is 61.9 Å². The number of H-pyrrole nitrogens is 1. The molecule has 1 saturated heterocycles. The van der Waals surface area contributed by atoms with Crippen molar-refractivity contribution in [3.63, 3.8) is 0 Å². The van der Waals surface area contributed by atoms with Crippen molar-refractivity contribution in [1.82, 2.24) is 20.1 Å². The molecule has 0 bridgehead atoms. The van der Waals surface area contributed by atoms with Crippen molar-refractivity contribution in [3.05, 3.63) is 65.4 Å². The summed E-state index contributed by atoms with van der Waals surface area (Å²) in [6.07, 6.45) is 2.38. The molecule has 2 heterocycles. The van der Waals surface area contributed by atoms with Gasteiger partial charge in [-0.2, -0.15) is 0 Å². The Bertz CT molecular complexity index is 1080. The summed E-state index contributed by atoms with van der Waals surface area (Å²) in [6, 6.07) is 13.2. The first-order valence-corrected chi connectivity index (χ1v) is 11.0. The van der Waals surface area contributed by atoms with Crippen molar-refractivity contribution in [2.24, 2.45) is 0 Å². The van der Waals surface area contributed by atoms with Crippen LogP contribution >= 0.6 is 0 Å². The third-order valence-corrected chi connectivity index (χ3v) is 6.13. The molecule has 0 atom stereocenters. The number of methoxy groups -OCH3 is 1. The Morgan fingerprint density at radius 1 is 1.06 bits per heavy atom. The normalized spacial score (nSPS) is 14.5. The molecule has 0 unspecified atom stereocenters. The Balaban J connectivity index is 1.21. The number of carbonyl (C=O) groups excluding carboxylic acids is 2. The second kappa shape index (κ2) is 9.87. The largest absolute Gasteiger partial charge is 0.497 e. The molecule has 2 aromatic carbocycles. The van der Waals surface area contributed by atoms with Crippen molar-refractivity contribution >= 4 is 22.7 Å². The van der Waals surface area contributed by atoms with Gasteiger partial charge < -0.3 is 19.9 Å². The quantitative estimate of drug-likeness (QED) is 0.599. The molecule has 0 spiro atoms. The van der Waals surface area contributed by atoms with E-state index in [1.54, 1.807) is 31.4 Å². The lowest BCUT2D eigenvalue weighted by atomic mass is 10.0. The first-order valence-electron chi connectivity index (χ1n) is 11.0. The van der Waals surface area contributed by atoms with E-state index in [4.69, 9.17) is 4.74 Å². The van der Waals surface area contributed by atoms with Crippen molar-refractivity contribution < 1.29 is 14.3 Å². The van der Waals surface area contributed by atoms with Crippen molar-refractivity contribution in [3.8, 4) is 5.75 Å². The third-order valence-electron chi connectivity index (χ3n) is 6.13. The molecule has 3 aromatic rings. The monoisotopic (exact) mass is 434 g/mol. The van der Waals surface area contributed by atoms with Gasteiger partial charge in [-0.05, 0) is 48.4 Å². The number of ether oxygens (including phenoxy) is 1. The van der Waals surface area contributed by atoms with Crippen molar-refractivity contribution in [2.45, 2.75) is 13.3 Å². The molecule has 1 aliphatic heterocycles. The molecule has 0 saturated carbocycles. The van der Waals surface area contributed by atoms with Gasteiger partial charge in [0.1, 0.15) is 5.75 Å². The summed E-state index contributed by atoms with van der Waals surface area (Å²) in [7, 11) is 1.60. The fraction of sp³-hybridized carbons (Fsp3) is 0.360. The second-order valence-corrected chi connectivity index (χ2v) is 8.19. The van der Waals surface area contributed by atoms with Crippen LogP contribution < -0.4 is 10.1 Å². The molecule has 1 fully saturated rings. The Kier molecular flexibility index (Phi) is 6.75. The van der Waals surface area contributed by atoms with Crippen LogP contribution in [-0.2, 0) is 11.2 Å². The van der Waals surface area contributed by atoms with Crippen LogP contribution in [0.2, 0.25) is 0 Å². The van der Waals surface area contributed by atoms with Crippen LogP contribution in [0.15, 0.2) is 48.7 Å². The second-order valence-electron chi connectivity index (χ2n) is 8.19. The van der Waals surface area contributed by atoms with Crippen molar-refractivity contribution in [2.75, 3.05) is 46.4 Å². The summed E-state index contributed by atoms with van der Waals surface area (Å²) >= 11 is 0. The van der Waals surface area contributed by atoms with E-state index in [0.29, 0.717) is 31.6 Å². The number of nitrogens with one attached hydrogen (secondary N) is 2. The zero-order valence-electron chi connectivity index (χ0n) is 18.7. The Labute approximate surface area is 188 Å². The number of carbonyl (C=O) groups is 2. The SMILES string of the molecule is COc1ccc(C(=O)NCCN2CCN(C(=O)Cc3c[nH]c4cccc(C)c34)CC2)cc1. The number of benzene rings is 2. The van der Waals surface area contributed by atoms with E-state index in [1.165, 1.54) is 5.56 Å². The molecule has 1 aliphatic rings. The average Bonchev–Trinajstić information content (AvgIpc) is 3.23. The summed E-state index contributed by atoms with van der Waals surface area (Å²) in [4.78, 5) is 32.6. The van der Waals surface area contributed by atoms with Crippen LogP contribution in [0.5, 0.6) is 5.75 Å². The summed E-state index contributed by atoms with van der Waals surface area (Å²) in [5, 5.41) is 4.12.